The van der Waals surface area contributed by atoms with Crippen molar-refractivity contribution in [2.45, 2.75) is 19.5 Å². The SMILES string of the molecule is CC(NC(N)=NCCn1ccnc1)c1ccc(Cl)cc1Cl. The zero-order valence-corrected chi connectivity index (χ0v) is 13.1. The van der Waals surface area contributed by atoms with E-state index in [4.69, 9.17) is 28.9 Å². The number of benzene rings is 1. The van der Waals surface area contributed by atoms with Gasteiger partial charge in [0.15, 0.2) is 5.96 Å². The molecule has 0 aliphatic carbocycles. The Balaban J connectivity index is 1.90. The van der Waals surface area contributed by atoms with Gasteiger partial charge in [-0.3, -0.25) is 4.99 Å². The quantitative estimate of drug-likeness (QED) is 0.656. The summed E-state index contributed by atoms with van der Waals surface area (Å²) in [6, 6.07) is 5.34. The molecular formula is C14H17Cl2N5. The Morgan fingerprint density at radius 2 is 2.29 bits per heavy atom. The van der Waals surface area contributed by atoms with Crippen molar-refractivity contribution in [3.8, 4) is 0 Å². The molecule has 112 valence electrons. The molecule has 7 heteroatoms. The van der Waals surface area contributed by atoms with Crippen LogP contribution in [0.3, 0.4) is 0 Å². The number of nitrogens with one attached hydrogen (secondary N) is 1. The average Bonchev–Trinajstić information content (AvgIpc) is 2.91. The molecule has 1 unspecified atom stereocenters. The maximum Gasteiger partial charge on any atom is 0.189 e. The highest BCUT2D eigenvalue weighted by Gasteiger charge is 2.10. The van der Waals surface area contributed by atoms with Gasteiger partial charge in [0.05, 0.1) is 18.9 Å². The van der Waals surface area contributed by atoms with Gasteiger partial charge in [0.2, 0.25) is 0 Å². The Kier molecular flexibility index (Phi) is 5.47. The number of imidazole rings is 1. The predicted octanol–water partition coefficient (Wildman–Crippen LogP) is 2.86. The van der Waals surface area contributed by atoms with Crippen molar-refractivity contribution < 1.29 is 0 Å². The number of aromatic nitrogens is 2. The molecule has 0 saturated heterocycles. The second kappa shape index (κ2) is 7.33. The van der Waals surface area contributed by atoms with Crippen LogP contribution in [0.15, 0.2) is 41.9 Å². The topological polar surface area (TPSA) is 68.2 Å². The van der Waals surface area contributed by atoms with Crippen LogP contribution in [0.25, 0.3) is 0 Å². The third kappa shape index (κ3) is 4.65. The van der Waals surface area contributed by atoms with Crippen molar-refractivity contribution in [3.05, 3.63) is 52.5 Å². The molecule has 0 amide bonds. The molecule has 2 rings (SSSR count). The van der Waals surface area contributed by atoms with Gasteiger partial charge in [-0.15, -0.1) is 0 Å². The Morgan fingerprint density at radius 3 is 2.95 bits per heavy atom. The first kappa shape index (κ1) is 15.7. The number of rotatable bonds is 5. The van der Waals surface area contributed by atoms with Gasteiger partial charge in [0, 0.05) is 29.0 Å². The van der Waals surface area contributed by atoms with Crippen molar-refractivity contribution in [3.63, 3.8) is 0 Å². The molecular weight excluding hydrogens is 309 g/mol. The van der Waals surface area contributed by atoms with Crippen molar-refractivity contribution >= 4 is 29.2 Å². The summed E-state index contributed by atoms with van der Waals surface area (Å²) in [4.78, 5) is 8.24. The number of guanidine groups is 1. The second-order valence-electron chi connectivity index (χ2n) is 4.60. The van der Waals surface area contributed by atoms with Crippen LogP contribution >= 0.6 is 23.2 Å². The Hall–Kier alpha value is -1.72. The number of halogens is 2. The third-order valence-electron chi connectivity index (χ3n) is 2.99. The standard InChI is InChI=1S/C14H17Cl2N5/c1-10(12-3-2-11(15)8-13(12)16)20-14(17)19-5-7-21-6-4-18-9-21/h2-4,6,8-10H,5,7H2,1H3,(H3,17,19,20). The summed E-state index contributed by atoms with van der Waals surface area (Å²) in [5, 5.41) is 4.33. The molecule has 0 fully saturated rings. The molecule has 1 aromatic heterocycles. The Bertz CT molecular complexity index is 610. The van der Waals surface area contributed by atoms with Gasteiger partial charge in [-0.25, -0.2) is 4.98 Å². The largest absolute Gasteiger partial charge is 0.370 e. The zero-order chi connectivity index (χ0) is 15.2. The minimum Gasteiger partial charge on any atom is -0.370 e. The van der Waals surface area contributed by atoms with Crippen LogP contribution < -0.4 is 11.1 Å². The van der Waals surface area contributed by atoms with Gasteiger partial charge in [0.1, 0.15) is 0 Å². The minimum absolute atomic E-state index is 0.0493. The maximum absolute atomic E-state index is 6.16. The summed E-state index contributed by atoms with van der Waals surface area (Å²) in [6.07, 6.45) is 5.36. The van der Waals surface area contributed by atoms with Crippen LogP contribution in [0, 0.1) is 0 Å². The van der Waals surface area contributed by atoms with Gasteiger partial charge in [0.25, 0.3) is 0 Å². The fraction of sp³-hybridized carbons (Fsp3) is 0.286. The molecule has 0 aliphatic heterocycles. The van der Waals surface area contributed by atoms with Crippen LogP contribution in [-0.2, 0) is 6.54 Å². The highest BCUT2D eigenvalue weighted by Crippen LogP contribution is 2.25. The summed E-state index contributed by atoms with van der Waals surface area (Å²) >= 11 is 12.0. The summed E-state index contributed by atoms with van der Waals surface area (Å²) in [7, 11) is 0. The summed E-state index contributed by atoms with van der Waals surface area (Å²) in [6.45, 7) is 3.28. The molecule has 0 aliphatic rings. The van der Waals surface area contributed by atoms with E-state index in [9.17, 15) is 0 Å². The van der Waals surface area contributed by atoms with Gasteiger partial charge in [-0.05, 0) is 24.6 Å². The van der Waals surface area contributed by atoms with E-state index in [2.05, 4.69) is 15.3 Å². The van der Waals surface area contributed by atoms with E-state index in [-0.39, 0.29) is 6.04 Å². The fourth-order valence-electron chi connectivity index (χ4n) is 1.90. The minimum atomic E-state index is -0.0493. The number of aliphatic imine (C=N–C) groups is 1. The number of nitrogens with two attached hydrogens (primary N) is 1. The molecule has 0 radical (unpaired) electrons. The second-order valence-corrected chi connectivity index (χ2v) is 5.44. The van der Waals surface area contributed by atoms with E-state index in [1.807, 2.05) is 23.8 Å². The molecule has 0 spiro atoms. The lowest BCUT2D eigenvalue weighted by atomic mass is 10.1. The monoisotopic (exact) mass is 325 g/mol. The van der Waals surface area contributed by atoms with Crippen LogP contribution in [-0.4, -0.2) is 22.1 Å². The number of hydrogen-bond acceptors (Lipinski definition) is 2. The van der Waals surface area contributed by atoms with Gasteiger partial charge in [-0.1, -0.05) is 29.3 Å². The molecule has 0 saturated carbocycles. The predicted molar refractivity (Wildman–Crippen MR) is 86.7 cm³/mol. The summed E-state index contributed by atoms with van der Waals surface area (Å²) in [5.41, 5.74) is 6.80. The summed E-state index contributed by atoms with van der Waals surface area (Å²) < 4.78 is 1.94. The van der Waals surface area contributed by atoms with Gasteiger partial charge < -0.3 is 15.6 Å². The van der Waals surface area contributed by atoms with Crippen molar-refractivity contribution in [1.82, 2.24) is 14.9 Å². The first-order valence-electron chi connectivity index (χ1n) is 6.53. The van der Waals surface area contributed by atoms with Crippen molar-refractivity contribution in [2.75, 3.05) is 6.54 Å². The van der Waals surface area contributed by atoms with E-state index in [0.29, 0.717) is 22.5 Å². The highest BCUT2D eigenvalue weighted by atomic mass is 35.5. The van der Waals surface area contributed by atoms with E-state index in [1.54, 1.807) is 24.7 Å². The first-order valence-corrected chi connectivity index (χ1v) is 7.29. The van der Waals surface area contributed by atoms with E-state index in [0.717, 1.165) is 12.1 Å². The highest BCUT2D eigenvalue weighted by molar-refractivity contribution is 6.35. The van der Waals surface area contributed by atoms with Gasteiger partial charge >= 0.3 is 0 Å². The molecule has 5 nitrogen and oxygen atoms in total. The molecule has 0 bridgehead atoms. The fourth-order valence-corrected chi connectivity index (χ4v) is 2.47. The van der Waals surface area contributed by atoms with Crippen molar-refractivity contribution in [1.29, 1.82) is 0 Å². The average molecular weight is 326 g/mol. The lowest BCUT2D eigenvalue weighted by Gasteiger charge is -2.16. The normalized spacial score (nSPS) is 13.2. The molecule has 21 heavy (non-hydrogen) atoms. The molecule has 1 heterocycles. The smallest absolute Gasteiger partial charge is 0.189 e. The molecule has 1 atom stereocenters. The van der Waals surface area contributed by atoms with Crippen LogP contribution in [0.5, 0.6) is 0 Å². The van der Waals surface area contributed by atoms with Crippen LogP contribution in [0.1, 0.15) is 18.5 Å². The van der Waals surface area contributed by atoms with Crippen molar-refractivity contribution in [2.24, 2.45) is 10.7 Å². The third-order valence-corrected chi connectivity index (χ3v) is 3.56. The molecule has 3 N–H and O–H groups in total. The Morgan fingerprint density at radius 1 is 1.48 bits per heavy atom. The van der Waals surface area contributed by atoms with Crippen LogP contribution in [0.4, 0.5) is 0 Å². The molecule has 1 aromatic carbocycles. The Labute approximate surface area is 133 Å². The summed E-state index contributed by atoms with van der Waals surface area (Å²) in [5.74, 6) is 0.383. The van der Waals surface area contributed by atoms with E-state index in [1.165, 1.54) is 0 Å². The zero-order valence-electron chi connectivity index (χ0n) is 11.6. The van der Waals surface area contributed by atoms with Gasteiger partial charge in [-0.2, -0.15) is 0 Å². The van der Waals surface area contributed by atoms with Crippen LogP contribution in [0.2, 0.25) is 10.0 Å². The maximum atomic E-state index is 6.16. The molecule has 2 aromatic rings. The van der Waals surface area contributed by atoms with E-state index < -0.39 is 0 Å². The number of nitrogens with zero attached hydrogens (tertiary/aromatic N) is 3. The van der Waals surface area contributed by atoms with E-state index >= 15 is 0 Å². The lowest BCUT2D eigenvalue weighted by molar-refractivity contribution is 0.684. The number of hydrogen-bond donors (Lipinski definition) is 2. The lowest BCUT2D eigenvalue weighted by Crippen LogP contribution is -2.34. The first-order chi connectivity index (χ1) is 10.1.